The number of esters is 1. The molecule has 0 aliphatic carbocycles. The standard InChI is InChI=1S/C21H22FN3O4/c1-4-5-12(2)23-18(26)11-28-21(27)16-10-17(14-6-8-15(22)9-7-14)24-20-19(16)13(3)25-29-20/h6-10,12H,4-5,11H2,1-3H3,(H,23,26). The van der Waals surface area contributed by atoms with E-state index in [1.807, 2.05) is 13.8 Å². The van der Waals surface area contributed by atoms with Crippen molar-refractivity contribution in [3.63, 3.8) is 0 Å². The first-order chi connectivity index (χ1) is 13.9. The molecule has 1 aromatic carbocycles. The third-order valence-corrected chi connectivity index (χ3v) is 4.44. The minimum atomic E-state index is -0.689. The van der Waals surface area contributed by atoms with Crippen LogP contribution in [0, 0.1) is 12.7 Å². The van der Waals surface area contributed by atoms with Gasteiger partial charge < -0.3 is 14.6 Å². The lowest BCUT2D eigenvalue weighted by atomic mass is 10.1. The molecule has 2 aromatic heterocycles. The third kappa shape index (κ3) is 4.77. The quantitative estimate of drug-likeness (QED) is 0.608. The summed E-state index contributed by atoms with van der Waals surface area (Å²) in [6, 6.07) is 7.22. The van der Waals surface area contributed by atoms with E-state index in [9.17, 15) is 14.0 Å². The normalized spacial score (nSPS) is 12.0. The van der Waals surface area contributed by atoms with Gasteiger partial charge in [0.25, 0.3) is 11.6 Å². The minimum absolute atomic E-state index is 0.00392. The average Bonchev–Trinajstić information content (AvgIpc) is 3.07. The lowest BCUT2D eigenvalue weighted by molar-refractivity contribution is -0.124. The summed E-state index contributed by atoms with van der Waals surface area (Å²) in [6.45, 7) is 5.20. The van der Waals surface area contributed by atoms with E-state index in [4.69, 9.17) is 9.26 Å². The van der Waals surface area contributed by atoms with Gasteiger partial charge in [0, 0.05) is 11.6 Å². The molecule has 0 fully saturated rings. The summed E-state index contributed by atoms with van der Waals surface area (Å²) in [4.78, 5) is 29.1. The third-order valence-electron chi connectivity index (χ3n) is 4.44. The number of nitrogens with one attached hydrogen (secondary N) is 1. The summed E-state index contributed by atoms with van der Waals surface area (Å²) in [6.07, 6.45) is 1.78. The van der Waals surface area contributed by atoms with Gasteiger partial charge in [0.1, 0.15) is 5.82 Å². The van der Waals surface area contributed by atoms with E-state index in [1.165, 1.54) is 18.2 Å². The molecule has 0 aliphatic heterocycles. The van der Waals surface area contributed by atoms with Gasteiger partial charge in [-0.05, 0) is 50.6 Å². The van der Waals surface area contributed by atoms with Crippen molar-refractivity contribution in [2.75, 3.05) is 6.61 Å². The van der Waals surface area contributed by atoms with Gasteiger partial charge in [-0.1, -0.05) is 18.5 Å². The predicted molar refractivity (Wildman–Crippen MR) is 105 cm³/mol. The Morgan fingerprint density at radius 3 is 2.69 bits per heavy atom. The van der Waals surface area contributed by atoms with Gasteiger partial charge >= 0.3 is 5.97 Å². The molecule has 0 radical (unpaired) electrons. The number of aromatic nitrogens is 2. The van der Waals surface area contributed by atoms with Crippen LogP contribution in [0.5, 0.6) is 0 Å². The Labute approximate surface area is 167 Å². The molecule has 0 saturated heterocycles. The van der Waals surface area contributed by atoms with Crippen LogP contribution in [0.2, 0.25) is 0 Å². The molecule has 3 rings (SSSR count). The Bertz CT molecular complexity index is 1030. The Balaban J connectivity index is 1.85. The number of carbonyl (C=O) groups excluding carboxylic acids is 2. The van der Waals surface area contributed by atoms with E-state index in [2.05, 4.69) is 15.5 Å². The number of hydrogen-bond donors (Lipinski definition) is 1. The first-order valence-corrected chi connectivity index (χ1v) is 9.38. The first kappa shape index (κ1) is 20.4. The van der Waals surface area contributed by atoms with Gasteiger partial charge in [-0.2, -0.15) is 0 Å². The molecule has 1 amide bonds. The molecule has 3 aromatic rings. The fourth-order valence-corrected chi connectivity index (χ4v) is 3.05. The molecular weight excluding hydrogens is 377 g/mol. The van der Waals surface area contributed by atoms with E-state index in [-0.39, 0.29) is 29.0 Å². The number of ether oxygens (including phenoxy) is 1. The maximum atomic E-state index is 13.2. The van der Waals surface area contributed by atoms with Crippen molar-refractivity contribution in [3.05, 3.63) is 47.4 Å². The topological polar surface area (TPSA) is 94.3 Å². The zero-order valence-electron chi connectivity index (χ0n) is 16.5. The fraction of sp³-hybridized carbons (Fsp3) is 0.333. The van der Waals surface area contributed by atoms with E-state index in [0.717, 1.165) is 12.8 Å². The van der Waals surface area contributed by atoms with Crippen LogP contribution < -0.4 is 5.32 Å². The van der Waals surface area contributed by atoms with Crippen LogP contribution in [0.15, 0.2) is 34.9 Å². The molecule has 1 atom stereocenters. The van der Waals surface area contributed by atoms with Gasteiger partial charge in [0.15, 0.2) is 6.61 Å². The van der Waals surface area contributed by atoms with Crippen LogP contribution in [0.3, 0.4) is 0 Å². The van der Waals surface area contributed by atoms with Crippen LogP contribution in [0.1, 0.15) is 42.7 Å². The maximum Gasteiger partial charge on any atom is 0.339 e. The summed E-state index contributed by atoms with van der Waals surface area (Å²) in [5.74, 6) is -1.44. The molecule has 0 saturated carbocycles. The predicted octanol–water partition coefficient (Wildman–Crippen LogP) is 3.80. The molecule has 0 bridgehead atoms. The van der Waals surface area contributed by atoms with Crippen molar-refractivity contribution in [2.45, 2.75) is 39.7 Å². The van der Waals surface area contributed by atoms with Crippen LogP contribution >= 0.6 is 0 Å². The number of benzene rings is 1. The number of nitrogens with zero attached hydrogens (tertiary/aromatic N) is 2. The molecule has 0 spiro atoms. The summed E-state index contributed by atoms with van der Waals surface area (Å²) in [5, 5.41) is 7.05. The van der Waals surface area contributed by atoms with Crippen molar-refractivity contribution in [3.8, 4) is 11.3 Å². The smallest absolute Gasteiger partial charge is 0.339 e. The maximum absolute atomic E-state index is 13.2. The summed E-state index contributed by atoms with van der Waals surface area (Å²) < 4.78 is 23.6. The van der Waals surface area contributed by atoms with Crippen molar-refractivity contribution in [1.82, 2.24) is 15.5 Å². The van der Waals surface area contributed by atoms with Crippen molar-refractivity contribution < 1.29 is 23.2 Å². The molecular formula is C21H22FN3O4. The van der Waals surface area contributed by atoms with Gasteiger partial charge in [-0.15, -0.1) is 0 Å². The first-order valence-electron chi connectivity index (χ1n) is 9.38. The number of carbonyl (C=O) groups is 2. The van der Waals surface area contributed by atoms with Crippen LogP contribution in [-0.2, 0) is 9.53 Å². The molecule has 1 unspecified atom stereocenters. The lowest BCUT2D eigenvalue weighted by Crippen LogP contribution is -2.35. The highest BCUT2D eigenvalue weighted by atomic mass is 19.1. The lowest BCUT2D eigenvalue weighted by Gasteiger charge is -2.13. The number of aryl methyl sites for hydroxylation is 1. The van der Waals surface area contributed by atoms with E-state index in [1.54, 1.807) is 19.1 Å². The summed E-state index contributed by atoms with van der Waals surface area (Å²) in [7, 11) is 0. The molecule has 152 valence electrons. The summed E-state index contributed by atoms with van der Waals surface area (Å²) >= 11 is 0. The SMILES string of the molecule is CCCC(C)NC(=O)COC(=O)c1cc(-c2ccc(F)cc2)nc2onc(C)c12. The molecule has 2 heterocycles. The number of halogens is 1. The van der Waals surface area contributed by atoms with Gasteiger partial charge in [-0.3, -0.25) is 4.79 Å². The number of amides is 1. The summed E-state index contributed by atoms with van der Waals surface area (Å²) in [5.41, 5.74) is 1.83. The monoisotopic (exact) mass is 399 g/mol. The Kier molecular flexibility index (Phi) is 6.21. The number of pyridine rings is 1. The van der Waals surface area contributed by atoms with Gasteiger partial charge in [0.2, 0.25) is 0 Å². The number of hydrogen-bond acceptors (Lipinski definition) is 6. The Morgan fingerprint density at radius 1 is 1.28 bits per heavy atom. The molecule has 7 nitrogen and oxygen atoms in total. The fourth-order valence-electron chi connectivity index (χ4n) is 3.05. The highest BCUT2D eigenvalue weighted by Crippen LogP contribution is 2.27. The molecule has 0 aliphatic rings. The van der Waals surface area contributed by atoms with Crippen LogP contribution in [0.25, 0.3) is 22.4 Å². The molecule has 29 heavy (non-hydrogen) atoms. The van der Waals surface area contributed by atoms with Crippen molar-refractivity contribution >= 4 is 23.0 Å². The van der Waals surface area contributed by atoms with E-state index >= 15 is 0 Å². The van der Waals surface area contributed by atoms with Gasteiger partial charge in [0.05, 0.1) is 22.3 Å². The second-order valence-electron chi connectivity index (χ2n) is 6.84. The molecule has 8 heteroatoms. The Morgan fingerprint density at radius 2 is 2.00 bits per heavy atom. The highest BCUT2D eigenvalue weighted by molar-refractivity contribution is 6.04. The average molecular weight is 399 g/mol. The Hall–Kier alpha value is -3.29. The number of rotatable bonds is 7. The van der Waals surface area contributed by atoms with E-state index < -0.39 is 12.6 Å². The molecule has 1 N–H and O–H groups in total. The van der Waals surface area contributed by atoms with Crippen molar-refractivity contribution in [2.24, 2.45) is 0 Å². The highest BCUT2D eigenvalue weighted by Gasteiger charge is 2.21. The second-order valence-corrected chi connectivity index (χ2v) is 6.84. The largest absolute Gasteiger partial charge is 0.452 e. The van der Waals surface area contributed by atoms with Crippen LogP contribution in [-0.4, -0.2) is 34.7 Å². The zero-order chi connectivity index (χ0) is 21.0. The van der Waals surface area contributed by atoms with Gasteiger partial charge in [-0.25, -0.2) is 14.2 Å². The minimum Gasteiger partial charge on any atom is -0.452 e. The van der Waals surface area contributed by atoms with Crippen LogP contribution in [0.4, 0.5) is 4.39 Å². The van der Waals surface area contributed by atoms with Crippen molar-refractivity contribution in [1.29, 1.82) is 0 Å². The van der Waals surface area contributed by atoms with E-state index in [0.29, 0.717) is 22.3 Å². The zero-order valence-corrected chi connectivity index (χ0v) is 16.5. The number of fused-ring (bicyclic) bond motifs is 1. The second kappa shape index (κ2) is 8.81.